The van der Waals surface area contributed by atoms with Gasteiger partial charge >= 0.3 is 0 Å². The van der Waals surface area contributed by atoms with Gasteiger partial charge in [0.25, 0.3) is 5.69 Å². The summed E-state index contributed by atoms with van der Waals surface area (Å²) in [6.45, 7) is 0. The van der Waals surface area contributed by atoms with Gasteiger partial charge in [0.15, 0.2) is 5.75 Å². The van der Waals surface area contributed by atoms with Crippen molar-refractivity contribution in [2.45, 2.75) is 0 Å². The fourth-order valence-electron chi connectivity index (χ4n) is 1.69. The van der Waals surface area contributed by atoms with Crippen LogP contribution in [-0.2, 0) is 0 Å². The summed E-state index contributed by atoms with van der Waals surface area (Å²) < 4.78 is 5.47. The molecule has 6 nitrogen and oxygen atoms in total. The van der Waals surface area contributed by atoms with Crippen molar-refractivity contribution in [3.63, 3.8) is 0 Å². The molecule has 0 bridgehead atoms. The molecule has 2 rings (SSSR count). The highest BCUT2D eigenvalue weighted by Gasteiger charge is 2.23. The highest BCUT2D eigenvalue weighted by Crippen LogP contribution is 2.45. The molecule has 0 amide bonds. The molecule has 0 aliphatic carbocycles. The third-order valence-corrected chi connectivity index (χ3v) is 3.97. The smallest absolute Gasteiger partial charge is 0.269 e. The van der Waals surface area contributed by atoms with Gasteiger partial charge in [-0.1, -0.05) is 34.8 Å². The number of nitrogens with zero attached hydrogens (tertiary/aromatic N) is 3. The van der Waals surface area contributed by atoms with Crippen LogP contribution in [0.3, 0.4) is 0 Å². The molecule has 0 heterocycles. The summed E-state index contributed by atoms with van der Waals surface area (Å²) in [4.78, 5) is 10.1. The Balaban J connectivity index is 2.53. The Kier molecular flexibility index (Phi) is 4.92. The first kappa shape index (κ1) is 16.9. The fraction of sp³-hybridized carbons (Fsp3) is 0. The molecule has 0 aliphatic heterocycles. The van der Waals surface area contributed by atoms with Crippen LogP contribution in [0.25, 0.3) is 0 Å². The van der Waals surface area contributed by atoms with E-state index in [-0.39, 0.29) is 43.4 Å². The number of halogens is 3. The molecule has 9 heteroatoms. The average molecular weight is 369 g/mol. The lowest BCUT2D eigenvalue weighted by Gasteiger charge is -2.13. The Morgan fingerprint density at radius 2 is 1.48 bits per heavy atom. The van der Waals surface area contributed by atoms with Gasteiger partial charge in [0.05, 0.1) is 21.1 Å². The molecule has 0 aromatic heterocycles. The van der Waals surface area contributed by atoms with Gasteiger partial charge in [-0.05, 0) is 12.1 Å². The Morgan fingerprint density at radius 1 is 0.957 bits per heavy atom. The third-order valence-electron chi connectivity index (χ3n) is 2.77. The zero-order valence-electron chi connectivity index (χ0n) is 11.0. The van der Waals surface area contributed by atoms with Gasteiger partial charge in [-0.3, -0.25) is 10.1 Å². The van der Waals surface area contributed by atoms with Gasteiger partial charge in [0, 0.05) is 12.1 Å². The van der Waals surface area contributed by atoms with E-state index in [1.54, 1.807) is 12.1 Å². The molecule has 0 saturated heterocycles. The van der Waals surface area contributed by atoms with Crippen molar-refractivity contribution < 1.29 is 9.66 Å². The maximum Gasteiger partial charge on any atom is 0.269 e. The number of non-ortho nitro benzene ring substituents is 1. The number of hydrogen-bond donors (Lipinski definition) is 0. The van der Waals surface area contributed by atoms with Gasteiger partial charge in [0.2, 0.25) is 0 Å². The van der Waals surface area contributed by atoms with E-state index in [9.17, 15) is 10.1 Å². The van der Waals surface area contributed by atoms with Crippen molar-refractivity contribution in [3.05, 3.63) is 60.6 Å². The van der Waals surface area contributed by atoms with Crippen LogP contribution in [0, 0.1) is 32.8 Å². The van der Waals surface area contributed by atoms with Crippen molar-refractivity contribution in [3.8, 4) is 23.6 Å². The van der Waals surface area contributed by atoms with Gasteiger partial charge in [0.1, 0.15) is 27.9 Å². The van der Waals surface area contributed by atoms with Crippen LogP contribution in [-0.4, -0.2) is 4.92 Å². The number of nitro benzene ring substituents is 1. The summed E-state index contributed by atoms with van der Waals surface area (Å²) in [5.41, 5.74) is -0.439. The van der Waals surface area contributed by atoms with E-state index in [2.05, 4.69) is 0 Å². The van der Waals surface area contributed by atoms with E-state index < -0.39 is 4.92 Å². The number of benzene rings is 2. The summed E-state index contributed by atoms with van der Waals surface area (Å²) in [5.74, 6) is 0.0896. The predicted molar refractivity (Wildman–Crippen MR) is 84.1 cm³/mol. The second kappa shape index (κ2) is 6.72. The van der Waals surface area contributed by atoms with Crippen LogP contribution < -0.4 is 4.74 Å². The Labute approximate surface area is 145 Å². The molecule has 0 atom stereocenters. The molecule has 0 aliphatic rings. The second-order valence-electron chi connectivity index (χ2n) is 4.10. The largest absolute Gasteiger partial charge is 0.454 e. The minimum atomic E-state index is -0.559. The summed E-state index contributed by atoms with van der Waals surface area (Å²) in [5, 5.41) is 28.3. The van der Waals surface area contributed by atoms with Crippen molar-refractivity contribution >= 4 is 40.5 Å². The van der Waals surface area contributed by atoms with Gasteiger partial charge in [-0.15, -0.1) is 0 Å². The van der Waals surface area contributed by atoms with Crippen LogP contribution in [0.5, 0.6) is 11.5 Å². The molecule has 0 unspecified atom stereocenters. The molecule has 2 aromatic carbocycles. The lowest BCUT2D eigenvalue weighted by atomic mass is 10.1. The minimum absolute atomic E-state index is 0.109. The van der Waals surface area contributed by atoms with Crippen LogP contribution in [0.4, 0.5) is 5.69 Å². The molecule has 23 heavy (non-hydrogen) atoms. The van der Waals surface area contributed by atoms with E-state index in [0.29, 0.717) is 0 Å². The molecule has 0 spiro atoms. The number of nitro groups is 1. The molecule has 0 N–H and O–H groups in total. The van der Waals surface area contributed by atoms with E-state index in [4.69, 9.17) is 50.1 Å². The van der Waals surface area contributed by atoms with E-state index >= 15 is 0 Å². The first-order chi connectivity index (χ1) is 10.9. The van der Waals surface area contributed by atoms with E-state index in [0.717, 1.165) is 0 Å². The summed E-state index contributed by atoms with van der Waals surface area (Å²) in [6, 6.07) is 8.65. The first-order valence-electron chi connectivity index (χ1n) is 5.83. The monoisotopic (exact) mass is 367 g/mol. The SMILES string of the molecule is N#Cc1c(Cl)c(Cl)c(Oc2ccc([N+](=O)[O-])cc2)c(Cl)c1C#N. The highest BCUT2D eigenvalue weighted by molar-refractivity contribution is 6.46. The molecule has 2 aromatic rings. The number of nitriles is 2. The van der Waals surface area contributed by atoms with Crippen LogP contribution in [0.2, 0.25) is 15.1 Å². The normalized spacial score (nSPS) is 9.78. The lowest BCUT2D eigenvalue weighted by Crippen LogP contribution is -1.95. The molecule has 0 fully saturated rings. The van der Waals surface area contributed by atoms with Crippen LogP contribution in [0.1, 0.15) is 11.1 Å². The summed E-state index contributed by atoms with van der Waals surface area (Å²) in [7, 11) is 0. The van der Waals surface area contributed by atoms with Crippen LogP contribution in [0.15, 0.2) is 24.3 Å². The van der Waals surface area contributed by atoms with Crippen molar-refractivity contribution in [2.75, 3.05) is 0 Å². The summed E-state index contributed by atoms with van der Waals surface area (Å²) in [6.07, 6.45) is 0. The number of rotatable bonds is 3. The predicted octanol–water partition coefficient (Wildman–Crippen LogP) is 5.09. The Morgan fingerprint density at radius 3 is 1.96 bits per heavy atom. The van der Waals surface area contributed by atoms with Crippen molar-refractivity contribution in [1.29, 1.82) is 10.5 Å². The van der Waals surface area contributed by atoms with E-state index in [1.807, 2.05) is 0 Å². The second-order valence-corrected chi connectivity index (χ2v) is 5.23. The standard InChI is InChI=1S/C14H4Cl3N3O3/c15-11-9(5-18)10(6-19)12(16)14(13(11)17)23-8-3-1-7(2-4-8)20(21)22/h1-4H. The van der Waals surface area contributed by atoms with E-state index in [1.165, 1.54) is 24.3 Å². The van der Waals surface area contributed by atoms with Crippen molar-refractivity contribution in [1.82, 2.24) is 0 Å². The molecule has 0 saturated carbocycles. The maximum atomic E-state index is 10.6. The zero-order chi connectivity index (χ0) is 17.1. The average Bonchev–Trinajstić information content (AvgIpc) is 2.55. The summed E-state index contributed by atoms with van der Waals surface area (Å²) >= 11 is 18.0. The molecular formula is C14H4Cl3N3O3. The lowest BCUT2D eigenvalue weighted by molar-refractivity contribution is -0.384. The van der Waals surface area contributed by atoms with Crippen LogP contribution >= 0.6 is 34.8 Å². The van der Waals surface area contributed by atoms with Gasteiger partial charge in [-0.25, -0.2) is 0 Å². The quantitative estimate of drug-likeness (QED) is 0.426. The first-order valence-corrected chi connectivity index (χ1v) is 6.97. The van der Waals surface area contributed by atoms with Gasteiger partial charge < -0.3 is 4.74 Å². The maximum absolute atomic E-state index is 10.6. The third kappa shape index (κ3) is 3.15. The molecule has 114 valence electrons. The van der Waals surface area contributed by atoms with Crippen molar-refractivity contribution in [2.24, 2.45) is 0 Å². The molecular weight excluding hydrogens is 365 g/mol. The van der Waals surface area contributed by atoms with Gasteiger partial charge in [-0.2, -0.15) is 10.5 Å². The minimum Gasteiger partial charge on any atom is -0.454 e. The highest BCUT2D eigenvalue weighted by atomic mass is 35.5. The zero-order valence-corrected chi connectivity index (χ0v) is 13.3. The number of ether oxygens (including phenoxy) is 1. The fourth-order valence-corrected chi connectivity index (χ4v) is 2.46. The Bertz CT molecular complexity index is 884. The topological polar surface area (TPSA) is 99.9 Å². The Hall–Kier alpha value is -2.51. The molecule has 0 radical (unpaired) electrons. The number of hydrogen-bond acceptors (Lipinski definition) is 5.